The SMILES string of the molecule is C[C@@H](Sc1nnc(N2CCCC2)n1-c1ccccc1Cl)C(=O)NCC(F)(F)F. The second kappa shape index (κ2) is 8.60. The quantitative estimate of drug-likeness (QED) is 0.704. The van der Waals surface area contributed by atoms with Crippen molar-refractivity contribution in [1.82, 2.24) is 20.1 Å². The van der Waals surface area contributed by atoms with Gasteiger partial charge in [0, 0.05) is 13.1 Å². The number of carbonyl (C=O) groups is 1. The summed E-state index contributed by atoms with van der Waals surface area (Å²) >= 11 is 7.39. The Labute approximate surface area is 169 Å². The Kier molecular flexibility index (Phi) is 6.39. The summed E-state index contributed by atoms with van der Waals surface area (Å²) in [5.74, 6) is -0.116. The lowest BCUT2D eigenvalue weighted by molar-refractivity contribution is -0.137. The van der Waals surface area contributed by atoms with Gasteiger partial charge in [0.2, 0.25) is 11.9 Å². The number of nitrogens with one attached hydrogen (secondary N) is 1. The standard InChI is InChI=1S/C17H19ClF3N5OS/c1-11(14(27)22-10-17(19,20)21)28-16-24-23-15(25-8-4-5-9-25)26(16)13-7-3-2-6-12(13)18/h2-3,6-7,11H,4-5,8-10H2,1H3,(H,22,27)/t11-/m1/s1. The van der Waals surface area contributed by atoms with Crippen molar-refractivity contribution < 1.29 is 18.0 Å². The first-order valence-corrected chi connectivity index (χ1v) is 9.98. The van der Waals surface area contributed by atoms with Crippen molar-refractivity contribution in [3.63, 3.8) is 0 Å². The van der Waals surface area contributed by atoms with Gasteiger partial charge in [-0.25, -0.2) is 0 Å². The van der Waals surface area contributed by atoms with Crippen LogP contribution >= 0.6 is 23.4 Å². The Morgan fingerprint density at radius 1 is 1.29 bits per heavy atom. The fourth-order valence-corrected chi connectivity index (χ4v) is 3.95. The summed E-state index contributed by atoms with van der Waals surface area (Å²) in [7, 11) is 0. The van der Waals surface area contributed by atoms with Crippen LogP contribution in [-0.4, -0.2) is 51.7 Å². The number of amides is 1. The molecule has 2 heterocycles. The lowest BCUT2D eigenvalue weighted by Crippen LogP contribution is -2.38. The van der Waals surface area contributed by atoms with Crippen molar-refractivity contribution >= 4 is 35.2 Å². The molecular formula is C17H19ClF3N5OS. The van der Waals surface area contributed by atoms with Gasteiger partial charge < -0.3 is 10.2 Å². The molecule has 1 amide bonds. The van der Waals surface area contributed by atoms with Gasteiger partial charge in [0.05, 0.1) is 16.0 Å². The molecular weight excluding hydrogens is 415 g/mol. The highest BCUT2D eigenvalue weighted by atomic mass is 35.5. The van der Waals surface area contributed by atoms with Gasteiger partial charge in [0.15, 0.2) is 5.16 Å². The first kappa shape index (κ1) is 20.8. The number of anilines is 1. The van der Waals surface area contributed by atoms with Crippen LogP contribution in [-0.2, 0) is 4.79 Å². The van der Waals surface area contributed by atoms with Crippen LogP contribution in [0.1, 0.15) is 19.8 Å². The van der Waals surface area contributed by atoms with E-state index in [9.17, 15) is 18.0 Å². The Hall–Kier alpha value is -1.94. The molecule has 1 N–H and O–H groups in total. The number of para-hydroxylation sites is 1. The number of halogens is 4. The summed E-state index contributed by atoms with van der Waals surface area (Å²) in [5, 5.41) is 10.4. The first-order chi connectivity index (χ1) is 13.3. The molecule has 6 nitrogen and oxygen atoms in total. The summed E-state index contributed by atoms with van der Waals surface area (Å²) in [5.41, 5.74) is 0.654. The molecule has 0 unspecified atom stereocenters. The third-order valence-corrected chi connectivity index (χ3v) is 5.58. The van der Waals surface area contributed by atoms with Crippen LogP contribution < -0.4 is 10.2 Å². The predicted octanol–water partition coefficient (Wildman–Crippen LogP) is 3.68. The molecule has 1 fully saturated rings. The smallest absolute Gasteiger partial charge is 0.346 e. The summed E-state index contributed by atoms with van der Waals surface area (Å²) in [6.45, 7) is 1.81. The molecule has 0 aliphatic carbocycles. The Balaban J connectivity index is 1.87. The van der Waals surface area contributed by atoms with Gasteiger partial charge in [-0.3, -0.25) is 9.36 Å². The van der Waals surface area contributed by atoms with E-state index in [0.29, 0.717) is 21.8 Å². The highest BCUT2D eigenvalue weighted by Gasteiger charge is 2.30. The fraction of sp³-hybridized carbons (Fsp3) is 0.471. The van der Waals surface area contributed by atoms with E-state index < -0.39 is 23.9 Å². The minimum absolute atomic E-state index is 0.393. The highest BCUT2D eigenvalue weighted by Crippen LogP contribution is 2.33. The van der Waals surface area contributed by atoms with Crippen molar-refractivity contribution in [2.75, 3.05) is 24.5 Å². The second-order valence-electron chi connectivity index (χ2n) is 6.36. The average molecular weight is 434 g/mol. The maximum Gasteiger partial charge on any atom is 0.405 e. The highest BCUT2D eigenvalue weighted by molar-refractivity contribution is 8.00. The maximum atomic E-state index is 12.3. The Bertz CT molecular complexity index is 838. The molecule has 1 saturated heterocycles. The summed E-state index contributed by atoms with van der Waals surface area (Å²) in [4.78, 5) is 14.1. The molecule has 0 saturated carbocycles. The number of rotatable bonds is 6. The van der Waals surface area contributed by atoms with Crippen molar-refractivity contribution in [1.29, 1.82) is 0 Å². The van der Waals surface area contributed by atoms with E-state index in [1.165, 1.54) is 6.92 Å². The van der Waals surface area contributed by atoms with Crippen LogP contribution in [0.15, 0.2) is 29.4 Å². The number of aromatic nitrogens is 3. The number of hydrogen-bond donors (Lipinski definition) is 1. The van der Waals surface area contributed by atoms with Crippen molar-refractivity contribution in [3.8, 4) is 5.69 Å². The molecule has 28 heavy (non-hydrogen) atoms. The lowest BCUT2D eigenvalue weighted by Gasteiger charge is -2.19. The monoisotopic (exact) mass is 433 g/mol. The number of hydrogen-bond acceptors (Lipinski definition) is 5. The average Bonchev–Trinajstić information content (AvgIpc) is 3.29. The van der Waals surface area contributed by atoms with Gasteiger partial charge in [-0.05, 0) is 31.9 Å². The number of carbonyl (C=O) groups excluding carboxylic acids is 1. The number of nitrogens with zero attached hydrogens (tertiary/aromatic N) is 4. The molecule has 1 aliphatic heterocycles. The van der Waals surface area contributed by atoms with Crippen LogP contribution in [0.3, 0.4) is 0 Å². The van der Waals surface area contributed by atoms with Crippen molar-refractivity contribution in [3.05, 3.63) is 29.3 Å². The zero-order valence-electron chi connectivity index (χ0n) is 15.0. The van der Waals surface area contributed by atoms with Crippen molar-refractivity contribution in [2.45, 2.75) is 36.3 Å². The normalized spacial score (nSPS) is 15.7. The molecule has 152 valence electrons. The van der Waals surface area contributed by atoms with E-state index in [2.05, 4.69) is 15.1 Å². The Morgan fingerprint density at radius 2 is 1.96 bits per heavy atom. The maximum absolute atomic E-state index is 12.3. The minimum Gasteiger partial charge on any atom is -0.346 e. The van der Waals surface area contributed by atoms with E-state index in [-0.39, 0.29) is 0 Å². The van der Waals surface area contributed by atoms with E-state index >= 15 is 0 Å². The summed E-state index contributed by atoms with van der Waals surface area (Å²) in [6.07, 6.45) is -2.39. The van der Waals surface area contributed by atoms with Gasteiger partial charge in [-0.15, -0.1) is 10.2 Å². The fourth-order valence-electron chi connectivity index (χ4n) is 2.85. The zero-order valence-corrected chi connectivity index (χ0v) is 16.6. The number of thioether (sulfide) groups is 1. The van der Waals surface area contributed by atoms with Crippen LogP contribution in [0.5, 0.6) is 0 Å². The zero-order chi connectivity index (χ0) is 20.3. The second-order valence-corrected chi connectivity index (χ2v) is 8.07. The van der Waals surface area contributed by atoms with Crippen LogP contribution in [0.25, 0.3) is 5.69 Å². The van der Waals surface area contributed by atoms with Gasteiger partial charge in [0.1, 0.15) is 6.54 Å². The van der Waals surface area contributed by atoms with Crippen LogP contribution in [0.2, 0.25) is 5.02 Å². The molecule has 2 aromatic rings. The molecule has 0 spiro atoms. The molecule has 0 radical (unpaired) electrons. The Morgan fingerprint density at radius 3 is 2.61 bits per heavy atom. The summed E-state index contributed by atoms with van der Waals surface area (Å²) in [6, 6.07) is 7.16. The van der Waals surface area contributed by atoms with Gasteiger partial charge >= 0.3 is 6.18 Å². The van der Waals surface area contributed by atoms with Gasteiger partial charge in [-0.2, -0.15) is 13.2 Å². The van der Waals surface area contributed by atoms with E-state index in [0.717, 1.165) is 37.7 Å². The minimum atomic E-state index is -4.46. The number of benzene rings is 1. The van der Waals surface area contributed by atoms with E-state index in [1.807, 2.05) is 17.4 Å². The largest absolute Gasteiger partial charge is 0.405 e. The van der Waals surface area contributed by atoms with E-state index in [4.69, 9.17) is 11.6 Å². The molecule has 1 aromatic heterocycles. The number of alkyl halides is 3. The van der Waals surface area contributed by atoms with Crippen LogP contribution in [0, 0.1) is 0 Å². The van der Waals surface area contributed by atoms with Gasteiger partial charge in [-0.1, -0.05) is 35.5 Å². The third kappa shape index (κ3) is 4.91. The topological polar surface area (TPSA) is 63.1 Å². The molecule has 1 aromatic carbocycles. The molecule has 3 rings (SSSR count). The molecule has 0 bridgehead atoms. The first-order valence-electron chi connectivity index (χ1n) is 8.72. The predicted molar refractivity (Wildman–Crippen MR) is 102 cm³/mol. The molecule has 1 aliphatic rings. The van der Waals surface area contributed by atoms with Crippen molar-refractivity contribution in [2.24, 2.45) is 0 Å². The molecule has 1 atom stereocenters. The van der Waals surface area contributed by atoms with Crippen LogP contribution in [0.4, 0.5) is 19.1 Å². The molecule has 11 heteroatoms. The van der Waals surface area contributed by atoms with Gasteiger partial charge in [0.25, 0.3) is 0 Å². The van der Waals surface area contributed by atoms with E-state index in [1.54, 1.807) is 16.7 Å². The third-order valence-electron chi connectivity index (χ3n) is 4.21. The lowest BCUT2D eigenvalue weighted by atomic mass is 10.3. The summed E-state index contributed by atoms with van der Waals surface area (Å²) < 4.78 is 38.8.